The maximum atomic E-state index is 13.1. The quantitative estimate of drug-likeness (QED) is 0.0169. The summed E-state index contributed by atoms with van der Waals surface area (Å²) in [5, 5.41) is 10.7. The number of ether oxygens (including phenoxy) is 4. The maximum absolute atomic E-state index is 13.1. The first-order valence-corrected chi connectivity index (χ1v) is 45.4. The number of phosphoric acid groups is 2. The maximum Gasteiger partial charge on any atom is 0.472 e. The third kappa shape index (κ3) is 80.5. The number of hydrogen-bond donors (Lipinski definition) is 3. The fourth-order valence-electron chi connectivity index (χ4n) is 10.8. The van der Waals surface area contributed by atoms with Crippen LogP contribution >= 0.6 is 15.6 Å². The van der Waals surface area contributed by atoms with Crippen LogP contribution in [0.3, 0.4) is 0 Å². The van der Waals surface area contributed by atoms with Gasteiger partial charge in [-0.1, -0.05) is 326 Å². The van der Waals surface area contributed by atoms with Gasteiger partial charge in [-0.3, -0.25) is 37.3 Å². The number of esters is 4. The Bertz CT molecular complexity index is 2750. The molecule has 110 heavy (non-hydrogen) atoms. The summed E-state index contributed by atoms with van der Waals surface area (Å²) < 4.78 is 68.7. The lowest BCUT2D eigenvalue weighted by molar-refractivity contribution is -0.161. The summed E-state index contributed by atoms with van der Waals surface area (Å²) in [5.74, 6) is -2.36. The Morgan fingerprint density at radius 2 is 0.500 bits per heavy atom. The van der Waals surface area contributed by atoms with E-state index in [1.165, 1.54) is 83.5 Å². The van der Waals surface area contributed by atoms with E-state index in [0.29, 0.717) is 38.5 Å². The normalized spacial score (nSPS) is 14.6. The Balaban J connectivity index is 5.51. The van der Waals surface area contributed by atoms with E-state index in [9.17, 15) is 43.2 Å². The molecule has 0 saturated carbocycles. The molecule has 0 radical (unpaired) electrons. The molecule has 0 aliphatic heterocycles. The largest absolute Gasteiger partial charge is 0.472 e. The molecule has 0 fully saturated rings. The van der Waals surface area contributed by atoms with Gasteiger partial charge in [-0.2, -0.15) is 0 Å². The number of phosphoric ester groups is 2. The fraction of sp³-hybridized carbons (Fsp3) is 0.648. The van der Waals surface area contributed by atoms with Crippen LogP contribution in [0.2, 0.25) is 0 Å². The topological polar surface area (TPSA) is 237 Å². The van der Waals surface area contributed by atoms with Crippen molar-refractivity contribution in [2.75, 3.05) is 39.6 Å². The molecule has 0 aromatic carbocycles. The molecule has 19 heteroatoms. The highest BCUT2D eigenvalue weighted by molar-refractivity contribution is 7.47. The summed E-state index contributed by atoms with van der Waals surface area (Å²) in [6.45, 7) is 4.48. The summed E-state index contributed by atoms with van der Waals surface area (Å²) >= 11 is 0. The van der Waals surface area contributed by atoms with E-state index < -0.39 is 97.5 Å². The van der Waals surface area contributed by atoms with Crippen molar-refractivity contribution in [3.63, 3.8) is 0 Å². The lowest BCUT2D eigenvalue weighted by Gasteiger charge is -2.21. The number of rotatable bonds is 78. The minimum Gasteiger partial charge on any atom is -0.462 e. The molecule has 0 bridgehead atoms. The standard InChI is InChI=1S/C91H150O17P2/c1-5-9-13-17-21-25-29-33-37-40-42-45-49-52-56-60-64-68-72-76-89(94)102-82-87(108-91(96)78-74-70-66-62-58-54-50-46-43-41-38-34-30-26-22-18-14-10-6-2)84-106-110(99,100)104-80-85(92)79-103-109(97,98)105-83-86(107-90(95)77-73-69-65-61-57-53-47-36-32-28-24-20-16-12-8-4)81-101-88(93)75-71-67-63-59-55-51-48-44-39-35-31-27-23-19-15-11-7-3/h9,11,13,15,21-23,25-27,33-35,37-39,42-43,45-46,48,51-52,56,59,63-64,68,85-87,92H,5-8,10,12,14,16-20,24,28-32,36,40-41,44,47,49-50,53-55,57-58,60-62,65-67,69-84H2,1-4H3,(H,97,98)(H,99,100)/b13-9-,15-11-,25-21-,26-22-,27-23-,37-33-,38-34-,39-35-,45-42-,46-43-,51-48-,56-52-,63-59-,68-64-. The van der Waals surface area contributed by atoms with Crippen molar-refractivity contribution in [3.05, 3.63) is 170 Å². The van der Waals surface area contributed by atoms with Crippen molar-refractivity contribution in [1.82, 2.24) is 0 Å². The molecule has 5 atom stereocenters. The third-order valence-electron chi connectivity index (χ3n) is 17.2. The Morgan fingerprint density at radius 3 is 0.827 bits per heavy atom. The SMILES string of the molecule is CC/C=C\C/C=C\C/C=C\C/C=C\C/C=C\C/C=C\CCC(=O)OCC(COP(=O)(O)OCC(O)COP(=O)(O)OCC(COC(=O)CCC/C=C\C/C=C\C/C=C\C/C=C\C/C=C\CC)OC(=O)CCCCCCCCCCCCCCCCC)OC(=O)CCCCCCCC/C=C\C/C=C\C/C=C\CCCCC. The second-order valence-electron chi connectivity index (χ2n) is 27.7. The number of carbonyl (C=O) groups is 4. The Morgan fingerprint density at radius 1 is 0.264 bits per heavy atom. The number of hydrogen-bond acceptors (Lipinski definition) is 15. The molecule has 0 aromatic rings. The van der Waals surface area contributed by atoms with E-state index in [1.807, 2.05) is 30.4 Å². The van der Waals surface area contributed by atoms with Crippen LogP contribution < -0.4 is 0 Å². The highest BCUT2D eigenvalue weighted by Gasteiger charge is 2.30. The minimum atomic E-state index is -5.01. The lowest BCUT2D eigenvalue weighted by Crippen LogP contribution is -2.30. The highest BCUT2D eigenvalue weighted by Crippen LogP contribution is 2.45. The van der Waals surface area contributed by atoms with Crippen LogP contribution in [0.1, 0.15) is 323 Å². The van der Waals surface area contributed by atoms with E-state index in [1.54, 1.807) is 0 Å². The van der Waals surface area contributed by atoms with Crippen LogP contribution in [0.15, 0.2) is 170 Å². The second-order valence-corrected chi connectivity index (χ2v) is 30.6. The molecule has 0 heterocycles. The molecular weight excluding hydrogens is 1430 g/mol. The van der Waals surface area contributed by atoms with Gasteiger partial charge in [0.1, 0.15) is 19.3 Å². The first-order chi connectivity index (χ1) is 53.7. The average Bonchev–Trinajstić information content (AvgIpc) is 0.900. The van der Waals surface area contributed by atoms with Crippen molar-refractivity contribution in [1.29, 1.82) is 0 Å². The minimum absolute atomic E-state index is 0.0268. The van der Waals surface area contributed by atoms with Gasteiger partial charge in [-0.15, -0.1) is 0 Å². The van der Waals surface area contributed by atoms with Gasteiger partial charge in [-0.25, -0.2) is 9.13 Å². The van der Waals surface area contributed by atoms with Crippen molar-refractivity contribution in [2.45, 2.75) is 341 Å². The molecule has 0 aromatic heterocycles. The van der Waals surface area contributed by atoms with Gasteiger partial charge < -0.3 is 33.8 Å². The summed E-state index contributed by atoms with van der Waals surface area (Å²) in [6, 6.07) is 0. The Kier molecular flexibility index (Phi) is 77.3. The predicted octanol–water partition coefficient (Wildman–Crippen LogP) is 25.3. The molecule has 3 N–H and O–H groups in total. The first-order valence-electron chi connectivity index (χ1n) is 42.4. The molecule has 0 aliphatic carbocycles. The monoisotopic (exact) mass is 1580 g/mol. The van der Waals surface area contributed by atoms with Gasteiger partial charge in [-0.05, 0) is 141 Å². The average molecular weight is 1580 g/mol. The Labute approximate surface area is 667 Å². The first kappa shape index (κ1) is 104. The third-order valence-corrected chi connectivity index (χ3v) is 19.1. The summed E-state index contributed by atoms with van der Waals surface area (Å²) in [5.41, 5.74) is 0. The second kappa shape index (κ2) is 81.4. The number of aliphatic hydroxyl groups excluding tert-OH is 1. The zero-order valence-corrected chi connectivity index (χ0v) is 70.4. The Hall–Kier alpha value is -5.58. The summed E-state index contributed by atoms with van der Waals surface area (Å²) in [4.78, 5) is 73.2. The molecule has 0 spiro atoms. The van der Waals surface area contributed by atoms with Gasteiger partial charge in [0.25, 0.3) is 0 Å². The van der Waals surface area contributed by atoms with E-state index in [4.69, 9.17) is 37.0 Å². The van der Waals surface area contributed by atoms with Crippen LogP contribution in [-0.4, -0.2) is 96.7 Å². The van der Waals surface area contributed by atoms with E-state index in [-0.39, 0.29) is 25.7 Å². The summed E-state index contributed by atoms with van der Waals surface area (Å²) in [7, 11) is -10.0. The van der Waals surface area contributed by atoms with Gasteiger partial charge in [0.05, 0.1) is 26.4 Å². The van der Waals surface area contributed by atoms with E-state index >= 15 is 0 Å². The molecule has 0 rings (SSSR count). The number of aliphatic hydroxyl groups is 1. The smallest absolute Gasteiger partial charge is 0.462 e. The van der Waals surface area contributed by atoms with E-state index in [2.05, 4.69) is 167 Å². The van der Waals surface area contributed by atoms with Crippen LogP contribution in [0.5, 0.6) is 0 Å². The number of allylic oxidation sites excluding steroid dienone is 28. The van der Waals surface area contributed by atoms with Crippen molar-refractivity contribution in [3.8, 4) is 0 Å². The zero-order valence-electron chi connectivity index (χ0n) is 68.6. The predicted molar refractivity (Wildman–Crippen MR) is 454 cm³/mol. The molecule has 17 nitrogen and oxygen atoms in total. The summed E-state index contributed by atoms with van der Waals surface area (Å²) in [6.07, 6.45) is 97.7. The molecule has 0 amide bonds. The molecule has 0 aliphatic rings. The van der Waals surface area contributed by atoms with Crippen molar-refractivity contribution >= 4 is 39.5 Å². The van der Waals surface area contributed by atoms with Crippen LogP contribution in [-0.2, 0) is 65.4 Å². The number of carbonyl (C=O) groups excluding carboxylic acids is 4. The zero-order chi connectivity index (χ0) is 80.3. The van der Waals surface area contributed by atoms with Crippen LogP contribution in [0, 0.1) is 0 Å². The van der Waals surface area contributed by atoms with Gasteiger partial charge in [0.2, 0.25) is 0 Å². The van der Waals surface area contributed by atoms with Gasteiger partial charge >= 0.3 is 39.5 Å². The van der Waals surface area contributed by atoms with E-state index in [0.717, 1.165) is 148 Å². The molecule has 5 unspecified atom stereocenters. The molecular formula is C91H150O17P2. The fourth-order valence-corrected chi connectivity index (χ4v) is 12.4. The van der Waals surface area contributed by atoms with Gasteiger partial charge in [0.15, 0.2) is 12.2 Å². The highest BCUT2D eigenvalue weighted by atomic mass is 31.2. The van der Waals surface area contributed by atoms with Gasteiger partial charge in [0, 0.05) is 25.7 Å². The van der Waals surface area contributed by atoms with Crippen LogP contribution in [0.25, 0.3) is 0 Å². The van der Waals surface area contributed by atoms with Crippen molar-refractivity contribution in [2.24, 2.45) is 0 Å². The molecule has 0 saturated heterocycles. The lowest BCUT2D eigenvalue weighted by atomic mass is 10.0. The molecule has 626 valence electrons. The van der Waals surface area contributed by atoms with Crippen LogP contribution in [0.4, 0.5) is 0 Å². The number of unbranched alkanes of at least 4 members (excludes halogenated alkanes) is 24. The van der Waals surface area contributed by atoms with Crippen molar-refractivity contribution < 1.29 is 80.2 Å².